The zero-order chi connectivity index (χ0) is 18.4. The molecule has 138 valence electrons. The van der Waals surface area contributed by atoms with Crippen LogP contribution in [-0.4, -0.2) is 47.3 Å². The van der Waals surface area contributed by atoms with Gasteiger partial charge in [-0.2, -0.15) is 4.98 Å². The summed E-state index contributed by atoms with van der Waals surface area (Å²) < 4.78 is 16.9. The zero-order valence-electron chi connectivity index (χ0n) is 14.8. The third kappa shape index (κ3) is 2.73. The van der Waals surface area contributed by atoms with E-state index >= 15 is 0 Å². The molecule has 1 saturated heterocycles. The van der Waals surface area contributed by atoms with Crippen LogP contribution in [0.25, 0.3) is 22.6 Å². The van der Waals surface area contributed by atoms with Crippen molar-refractivity contribution in [3.05, 3.63) is 41.8 Å². The number of nitrogens with one attached hydrogen (secondary N) is 3. The number of fused-ring (bicyclic) bond motifs is 3. The first-order chi connectivity index (χ1) is 13.2. The maximum absolute atomic E-state index is 14.9. The molecular weight excluding hydrogens is 345 g/mol. The van der Waals surface area contributed by atoms with E-state index in [-0.39, 0.29) is 11.4 Å². The second kappa shape index (κ2) is 6.31. The molecule has 0 radical (unpaired) electrons. The van der Waals surface area contributed by atoms with Crippen LogP contribution in [0.3, 0.4) is 0 Å². The van der Waals surface area contributed by atoms with Crippen LogP contribution in [0.5, 0.6) is 0 Å². The molecule has 1 fully saturated rings. The van der Waals surface area contributed by atoms with Crippen molar-refractivity contribution in [2.24, 2.45) is 0 Å². The summed E-state index contributed by atoms with van der Waals surface area (Å²) in [7, 11) is 0. The third-order valence-corrected chi connectivity index (χ3v) is 5.20. The molecule has 0 unspecified atom stereocenters. The first-order valence-electron chi connectivity index (χ1n) is 9.16. The fraction of sp³-hybridized carbons (Fsp3) is 0.316. The third-order valence-electron chi connectivity index (χ3n) is 5.20. The molecular formula is C19H20FN7. The Kier molecular flexibility index (Phi) is 3.78. The predicted octanol–water partition coefficient (Wildman–Crippen LogP) is 1.50. The molecule has 1 aromatic rings. The van der Waals surface area contributed by atoms with Gasteiger partial charge >= 0.3 is 0 Å². The Balaban J connectivity index is 1.61. The summed E-state index contributed by atoms with van der Waals surface area (Å²) in [4.78, 5) is 10.7. The lowest BCUT2D eigenvalue weighted by Crippen LogP contribution is -2.43. The topological polar surface area (TPSA) is 81.9 Å². The van der Waals surface area contributed by atoms with E-state index in [4.69, 9.17) is 5.41 Å². The Hall–Kier alpha value is -3.00. The highest BCUT2D eigenvalue weighted by atomic mass is 19.1. The average Bonchev–Trinajstić information content (AvgIpc) is 3.17. The van der Waals surface area contributed by atoms with Crippen molar-refractivity contribution in [1.82, 2.24) is 19.9 Å². The van der Waals surface area contributed by atoms with Crippen molar-refractivity contribution in [2.45, 2.75) is 6.54 Å². The minimum absolute atomic E-state index is 0.0584. The number of hydrogen-bond acceptors (Lipinski definition) is 6. The van der Waals surface area contributed by atoms with Crippen LogP contribution < -0.4 is 21.2 Å². The van der Waals surface area contributed by atoms with E-state index < -0.39 is 0 Å². The Morgan fingerprint density at radius 2 is 1.85 bits per heavy atom. The van der Waals surface area contributed by atoms with Gasteiger partial charge in [0.05, 0.1) is 11.4 Å². The molecule has 4 aliphatic rings. The van der Waals surface area contributed by atoms with Crippen LogP contribution in [0.15, 0.2) is 30.3 Å². The SMILES string of the molecule is N=c1nc(-c2ccc(N3CCNCC3)c(F)c2)c2ccc3n(c-2n1)CCN3. The Morgan fingerprint density at radius 3 is 2.67 bits per heavy atom. The summed E-state index contributed by atoms with van der Waals surface area (Å²) >= 11 is 0. The van der Waals surface area contributed by atoms with Crippen LogP contribution >= 0.6 is 0 Å². The summed E-state index contributed by atoms with van der Waals surface area (Å²) in [5.74, 6) is 1.43. The van der Waals surface area contributed by atoms with Crippen LogP contribution in [0.2, 0.25) is 0 Å². The standard InChI is InChI=1S/C19H20FN7/c20-14-11-12(1-3-15(14)26-8-5-22-6-9-26)17-13-2-4-16-23-7-10-27(16)18(13)25-19(21)24-17/h1-4,11,21-23H,5-10H2. The molecule has 4 aliphatic heterocycles. The van der Waals surface area contributed by atoms with Crippen molar-refractivity contribution in [1.29, 1.82) is 5.41 Å². The molecule has 7 nitrogen and oxygen atoms in total. The monoisotopic (exact) mass is 365 g/mol. The second-order valence-electron chi connectivity index (χ2n) is 6.83. The molecule has 0 aromatic heterocycles. The lowest BCUT2D eigenvalue weighted by molar-refractivity contribution is 0.566. The second-order valence-corrected chi connectivity index (χ2v) is 6.83. The number of piperazine rings is 1. The van der Waals surface area contributed by atoms with E-state index in [0.29, 0.717) is 22.8 Å². The number of anilines is 2. The van der Waals surface area contributed by atoms with Gasteiger partial charge < -0.3 is 20.1 Å². The molecule has 0 spiro atoms. The van der Waals surface area contributed by atoms with Gasteiger partial charge in [0.1, 0.15) is 17.5 Å². The number of pyridine rings is 1. The zero-order valence-corrected chi connectivity index (χ0v) is 14.8. The van der Waals surface area contributed by atoms with Gasteiger partial charge in [0.25, 0.3) is 0 Å². The normalized spacial score (nSPS) is 16.4. The minimum Gasteiger partial charge on any atom is -0.370 e. The molecule has 3 N–H and O–H groups in total. The van der Waals surface area contributed by atoms with E-state index in [1.807, 2.05) is 28.8 Å². The Labute approximate surface area is 155 Å². The molecule has 0 amide bonds. The van der Waals surface area contributed by atoms with E-state index in [9.17, 15) is 4.39 Å². The molecule has 0 atom stereocenters. The molecule has 27 heavy (non-hydrogen) atoms. The van der Waals surface area contributed by atoms with Crippen molar-refractivity contribution in [3.63, 3.8) is 0 Å². The molecule has 0 saturated carbocycles. The van der Waals surface area contributed by atoms with Crippen molar-refractivity contribution in [2.75, 3.05) is 42.9 Å². The summed E-state index contributed by atoms with van der Waals surface area (Å²) in [5.41, 5.74) is 2.64. The van der Waals surface area contributed by atoms with Crippen LogP contribution in [0, 0.1) is 11.2 Å². The molecule has 0 bridgehead atoms. The van der Waals surface area contributed by atoms with E-state index in [0.717, 1.165) is 50.6 Å². The molecule has 4 heterocycles. The number of hydrogen-bond donors (Lipinski definition) is 3. The lowest BCUT2D eigenvalue weighted by Gasteiger charge is -2.29. The van der Waals surface area contributed by atoms with Crippen molar-refractivity contribution >= 4 is 11.5 Å². The van der Waals surface area contributed by atoms with Gasteiger partial charge in [-0.15, -0.1) is 0 Å². The van der Waals surface area contributed by atoms with E-state index in [2.05, 4.69) is 25.5 Å². The Morgan fingerprint density at radius 1 is 1.00 bits per heavy atom. The largest absolute Gasteiger partial charge is 0.370 e. The maximum Gasteiger partial charge on any atom is 0.244 e. The van der Waals surface area contributed by atoms with E-state index in [1.165, 1.54) is 6.07 Å². The quantitative estimate of drug-likeness (QED) is 0.641. The van der Waals surface area contributed by atoms with Crippen molar-refractivity contribution in [3.8, 4) is 22.6 Å². The van der Waals surface area contributed by atoms with Gasteiger partial charge in [-0.25, -0.2) is 9.37 Å². The van der Waals surface area contributed by atoms with Gasteiger partial charge in [0.15, 0.2) is 0 Å². The molecule has 0 aliphatic carbocycles. The van der Waals surface area contributed by atoms with Gasteiger partial charge in [-0.3, -0.25) is 5.41 Å². The summed E-state index contributed by atoms with van der Waals surface area (Å²) in [6.45, 7) is 4.92. The fourth-order valence-corrected chi connectivity index (χ4v) is 3.90. The lowest BCUT2D eigenvalue weighted by atomic mass is 10.0. The number of halogens is 1. The first-order valence-corrected chi connectivity index (χ1v) is 9.16. The number of nitrogens with zero attached hydrogens (tertiary/aromatic N) is 4. The molecule has 1 aromatic carbocycles. The summed E-state index contributed by atoms with van der Waals surface area (Å²) in [6.07, 6.45) is 0. The first kappa shape index (κ1) is 16.2. The summed E-state index contributed by atoms with van der Waals surface area (Å²) in [6, 6.07) is 9.15. The fourth-order valence-electron chi connectivity index (χ4n) is 3.90. The van der Waals surface area contributed by atoms with Crippen LogP contribution in [0.1, 0.15) is 0 Å². The minimum atomic E-state index is -0.261. The highest BCUT2D eigenvalue weighted by Crippen LogP contribution is 2.34. The van der Waals surface area contributed by atoms with Crippen LogP contribution in [-0.2, 0) is 6.54 Å². The average molecular weight is 365 g/mol. The highest BCUT2D eigenvalue weighted by molar-refractivity contribution is 5.80. The highest BCUT2D eigenvalue weighted by Gasteiger charge is 2.22. The van der Waals surface area contributed by atoms with Gasteiger partial charge in [0.2, 0.25) is 5.62 Å². The van der Waals surface area contributed by atoms with Crippen LogP contribution in [0.4, 0.5) is 15.9 Å². The van der Waals surface area contributed by atoms with Gasteiger partial charge in [0, 0.05) is 50.4 Å². The number of aromatic nitrogens is 3. The summed E-state index contributed by atoms with van der Waals surface area (Å²) in [5, 5.41) is 14.6. The van der Waals surface area contributed by atoms with E-state index in [1.54, 1.807) is 0 Å². The Bertz CT molecular complexity index is 1040. The van der Waals surface area contributed by atoms with Gasteiger partial charge in [-0.05, 0) is 24.3 Å². The molecule has 8 heteroatoms. The maximum atomic E-state index is 14.9. The predicted molar refractivity (Wildman–Crippen MR) is 101 cm³/mol. The number of rotatable bonds is 2. The number of benzene rings is 1. The van der Waals surface area contributed by atoms with Gasteiger partial charge in [-0.1, -0.05) is 6.07 Å². The molecule has 5 rings (SSSR count). The van der Waals surface area contributed by atoms with Crippen molar-refractivity contribution < 1.29 is 4.39 Å². The smallest absolute Gasteiger partial charge is 0.244 e.